The van der Waals surface area contributed by atoms with Crippen LogP contribution >= 0.6 is 64.6 Å². The van der Waals surface area contributed by atoms with Gasteiger partial charge in [-0.2, -0.15) is 0 Å². The van der Waals surface area contributed by atoms with E-state index < -0.39 is 14.1 Å². The van der Waals surface area contributed by atoms with E-state index in [-0.39, 0.29) is 5.69 Å². The van der Waals surface area contributed by atoms with Crippen molar-refractivity contribution in [3.63, 3.8) is 0 Å². The standard InChI is InChI=1S/C23H18ClN4O3.6ClH.Sb/c24-17-6-11-21-20(15-17)27-22(12-13-31-21)25-23(14-16-4-2-1-3-5-16)26(27)18-7-9-19(10-8-18)28(29)30;;;;;;;/h1-11,15H,12-14H2;6*1H;/q+1;;;;;;;+5/p-6. The second-order valence-corrected chi connectivity index (χ2v) is 65.5. The number of halogens is 7. The summed E-state index contributed by atoms with van der Waals surface area (Å²) in [6, 6.07) is 22.0. The van der Waals surface area contributed by atoms with Gasteiger partial charge in [0.05, 0.1) is 23.5 Å². The first kappa shape index (κ1) is 29.8. The van der Waals surface area contributed by atoms with Crippen molar-refractivity contribution in [2.45, 2.75) is 12.8 Å². The maximum absolute atomic E-state index is 11.1. The summed E-state index contributed by atoms with van der Waals surface area (Å²) in [5.41, 5.74) is 2.71. The molecule has 0 spiro atoms. The van der Waals surface area contributed by atoms with Crippen molar-refractivity contribution < 1.29 is 14.3 Å². The van der Waals surface area contributed by atoms with E-state index in [4.69, 9.17) is 74.3 Å². The molecule has 1 aliphatic rings. The molecule has 0 saturated carbocycles. The van der Waals surface area contributed by atoms with E-state index in [1.54, 1.807) is 18.2 Å². The Bertz CT molecular complexity index is 1480. The molecule has 2 heterocycles. The summed E-state index contributed by atoms with van der Waals surface area (Å²) in [4.78, 5) is 15.7. The second-order valence-electron chi connectivity index (χ2n) is 8.17. The molecule has 7 nitrogen and oxygen atoms in total. The molecule has 0 N–H and O–H groups in total. The Morgan fingerprint density at radius 1 is 0.974 bits per heavy atom. The summed E-state index contributed by atoms with van der Waals surface area (Å²) in [6.45, 7) is 0.497. The molecule has 0 saturated heterocycles. The number of fused-ring (bicyclic) bond motifs is 3. The number of hydrogen-bond donors (Lipinski definition) is 0. The molecule has 4 aromatic rings. The third-order valence-corrected chi connectivity index (χ3v) is 5.42. The van der Waals surface area contributed by atoms with Gasteiger partial charge in [0.15, 0.2) is 11.4 Å². The Hall–Kier alpha value is -1.15. The molecule has 0 unspecified atom stereocenters. The number of nitro groups is 1. The van der Waals surface area contributed by atoms with Crippen molar-refractivity contribution >= 4 is 79.4 Å². The van der Waals surface area contributed by atoms with Crippen LogP contribution in [-0.4, -0.2) is 30.3 Å². The van der Waals surface area contributed by atoms with Gasteiger partial charge in [0, 0.05) is 23.2 Å². The van der Waals surface area contributed by atoms with E-state index in [0.29, 0.717) is 30.2 Å². The summed E-state index contributed by atoms with van der Waals surface area (Å²) in [5.74, 6) is 2.37. The van der Waals surface area contributed by atoms with Crippen LogP contribution in [0.15, 0.2) is 72.8 Å². The molecule has 5 rings (SSSR count). The van der Waals surface area contributed by atoms with E-state index >= 15 is 0 Å². The zero-order valence-electron chi connectivity index (χ0n) is 19.2. The minimum absolute atomic E-state index is 0.0383. The van der Waals surface area contributed by atoms with Crippen molar-refractivity contribution in [1.29, 1.82) is 0 Å². The van der Waals surface area contributed by atoms with Gasteiger partial charge < -0.3 is 4.74 Å². The molecule has 3 aromatic carbocycles. The van der Waals surface area contributed by atoms with Gasteiger partial charge in [-0.15, -0.1) is 9.36 Å². The van der Waals surface area contributed by atoms with Gasteiger partial charge in [-0.1, -0.05) is 41.9 Å². The van der Waals surface area contributed by atoms with Crippen LogP contribution in [0.25, 0.3) is 11.4 Å². The van der Waals surface area contributed by atoms with E-state index in [2.05, 4.69) is 12.1 Å². The molecule has 0 amide bonds. The number of ether oxygens (including phenoxy) is 1. The maximum atomic E-state index is 11.1. The van der Waals surface area contributed by atoms with Crippen molar-refractivity contribution in [1.82, 2.24) is 9.67 Å². The first-order valence-corrected chi connectivity index (χ1v) is 30.6. The van der Waals surface area contributed by atoms with E-state index in [1.165, 1.54) is 12.1 Å². The number of nitro benzene ring substituents is 1. The molecule has 38 heavy (non-hydrogen) atoms. The molecule has 202 valence electrons. The third-order valence-electron chi connectivity index (χ3n) is 5.19. The third kappa shape index (κ3) is 8.67. The molecular weight excluding hydrogens is 750 g/mol. The van der Waals surface area contributed by atoms with Crippen LogP contribution in [0.2, 0.25) is 5.02 Å². The number of hydrogen-bond acceptors (Lipinski definition) is 4. The monoisotopic (exact) mass is 764 g/mol. The molecule has 0 radical (unpaired) electrons. The van der Waals surface area contributed by atoms with Gasteiger partial charge in [-0.25, -0.2) is 0 Å². The topological polar surface area (TPSA) is 74.1 Å². The Labute approximate surface area is 243 Å². The van der Waals surface area contributed by atoms with Crippen LogP contribution in [0.1, 0.15) is 17.2 Å². The van der Waals surface area contributed by atoms with Crippen LogP contribution in [0.4, 0.5) is 5.69 Å². The molecule has 0 bridgehead atoms. The summed E-state index contributed by atoms with van der Waals surface area (Å²) < 4.78 is 9.90. The van der Waals surface area contributed by atoms with Crippen LogP contribution in [0.5, 0.6) is 5.75 Å². The van der Waals surface area contributed by atoms with E-state index in [1.807, 2.05) is 39.7 Å². The normalized spacial score (nSPS) is 14.4. The molecule has 15 heteroatoms. The van der Waals surface area contributed by atoms with Crippen LogP contribution in [0.3, 0.4) is 0 Å². The Kier molecular flexibility index (Phi) is 8.38. The van der Waals surface area contributed by atoms with Crippen molar-refractivity contribution in [3.8, 4) is 17.1 Å². The fraction of sp³-hybridized carbons (Fsp3) is 0.130. The summed E-state index contributed by atoms with van der Waals surface area (Å²) >= 11 is 6.31. The number of benzene rings is 3. The number of rotatable bonds is 4. The summed E-state index contributed by atoms with van der Waals surface area (Å²) in [5, 5.41) is 11.7. The molecule has 0 fully saturated rings. The van der Waals surface area contributed by atoms with Gasteiger partial charge in [0.2, 0.25) is 0 Å². The molecule has 1 aliphatic heterocycles. The Balaban J connectivity index is 0.000000426. The average Bonchev–Trinajstić information content (AvgIpc) is 3.06. The Morgan fingerprint density at radius 3 is 2.21 bits per heavy atom. The second kappa shape index (κ2) is 10.7. The first-order chi connectivity index (χ1) is 17.5. The van der Waals surface area contributed by atoms with Crippen LogP contribution in [0, 0.1) is 10.1 Å². The van der Waals surface area contributed by atoms with E-state index in [0.717, 1.165) is 28.6 Å². The Morgan fingerprint density at radius 2 is 1.61 bits per heavy atom. The van der Waals surface area contributed by atoms with Crippen molar-refractivity contribution in [2.24, 2.45) is 0 Å². The van der Waals surface area contributed by atoms with Gasteiger partial charge in [-0.05, 0) is 34.8 Å². The number of non-ortho nitro benzene ring substituents is 1. The van der Waals surface area contributed by atoms with Crippen molar-refractivity contribution in [3.05, 3.63) is 105 Å². The minimum atomic E-state index is -5.42. The predicted octanol–water partition coefficient (Wildman–Crippen LogP) is 7.99. The molecule has 0 aliphatic carbocycles. The van der Waals surface area contributed by atoms with Gasteiger partial charge in [0.25, 0.3) is 11.5 Å². The number of aromatic nitrogens is 3. The summed E-state index contributed by atoms with van der Waals surface area (Å²) in [7, 11) is 25.0. The summed E-state index contributed by atoms with van der Waals surface area (Å²) in [6.07, 6.45) is 1.22. The van der Waals surface area contributed by atoms with Gasteiger partial charge in [0.1, 0.15) is 6.61 Å². The van der Waals surface area contributed by atoms with Crippen LogP contribution < -0.4 is 9.42 Å². The average molecular weight is 768 g/mol. The number of nitrogens with zero attached hydrogens (tertiary/aromatic N) is 4. The van der Waals surface area contributed by atoms with Gasteiger partial charge in [-0.3, -0.25) is 10.1 Å². The predicted molar refractivity (Wildman–Crippen MR) is 156 cm³/mol. The van der Waals surface area contributed by atoms with Gasteiger partial charge >= 0.3 is 67.9 Å². The van der Waals surface area contributed by atoms with E-state index in [9.17, 15) is 10.1 Å². The quantitative estimate of drug-likeness (QED) is 0.0914. The fourth-order valence-corrected chi connectivity index (χ4v) is 3.95. The first-order valence-electron chi connectivity index (χ1n) is 10.9. The molecule has 1 aromatic heterocycles. The zero-order valence-corrected chi connectivity index (χ0v) is 27.0. The fourth-order valence-electron chi connectivity index (χ4n) is 3.79. The SMILES string of the molecule is O=[N+]([O-])c1ccc(-n2c(Cc3ccccc3)nc3[n+]2-c2cc(Cl)ccc2OCC3)cc1.[Cl][Sb-]([Cl])([Cl])([Cl])([Cl])[Cl]. The molecule has 0 atom stereocenters. The zero-order chi connectivity index (χ0) is 27.8. The van der Waals surface area contributed by atoms with Crippen molar-refractivity contribution in [2.75, 3.05) is 6.61 Å². The molecular formula is C23H18Cl7N4O3Sb. The van der Waals surface area contributed by atoms with Crippen LogP contribution in [-0.2, 0) is 12.8 Å².